The van der Waals surface area contributed by atoms with Crippen LogP contribution < -0.4 is 10.2 Å². The first-order chi connectivity index (χ1) is 9.79. The van der Waals surface area contributed by atoms with Crippen molar-refractivity contribution in [1.82, 2.24) is 14.9 Å². The van der Waals surface area contributed by atoms with Crippen molar-refractivity contribution in [3.8, 4) is 0 Å². The molecule has 1 unspecified atom stereocenters. The van der Waals surface area contributed by atoms with Gasteiger partial charge in [-0.05, 0) is 25.9 Å². The molecule has 1 fully saturated rings. The summed E-state index contributed by atoms with van der Waals surface area (Å²) in [5.74, 6) is 3.51. The molecule has 1 aromatic rings. The van der Waals surface area contributed by atoms with Crippen molar-refractivity contribution >= 4 is 11.6 Å². The Hall–Kier alpha value is -1.36. The second-order valence-electron chi connectivity index (χ2n) is 7.23. The fourth-order valence-corrected chi connectivity index (χ4v) is 2.75. The molecule has 2 heterocycles. The highest BCUT2D eigenvalue weighted by molar-refractivity contribution is 5.49. The quantitative estimate of drug-likeness (QED) is 0.921. The van der Waals surface area contributed by atoms with Crippen LogP contribution in [0.5, 0.6) is 0 Å². The topological polar surface area (TPSA) is 44.3 Å². The maximum absolute atomic E-state index is 4.77. The lowest BCUT2D eigenvalue weighted by Gasteiger charge is -2.25. The Kier molecular flexibility index (Phi) is 4.71. The highest BCUT2D eigenvalue weighted by Gasteiger charge is 2.23. The van der Waals surface area contributed by atoms with Crippen molar-refractivity contribution in [2.75, 3.05) is 51.0 Å². The first-order valence-electron chi connectivity index (χ1n) is 7.76. The van der Waals surface area contributed by atoms with E-state index in [1.807, 2.05) is 13.1 Å². The van der Waals surface area contributed by atoms with Crippen molar-refractivity contribution in [3.05, 3.63) is 11.9 Å². The van der Waals surface area contributed by atoms with Crippen LogP contribution in [0.3, 0.4) is 0 Å². The van der Waals surface area contributed by atoms with E-state index in [0.717, 1.165) is 29.9 Å². The van der Waals surface area contributed by atoms with Crippen LogP contribution in [0.15, 0.2) is 6.07 Å². The Morgan fingerprint density at radius 1 is 1.38 bits per heavy atom. The van der Waals surface area contributed by atoms with Gasteiger partial charge in [-0.3, -0.25) is 0 Å². The molecule has 0 aliphatic carbocycles. The van der Waals surface area contributed by atoms with Gasteiger partial charge < -0.3 is 15.1 Å². The molecule has 118 valence electrons. The van der Waals surface area contributed by atoms with Gasteiger partial charge >= 0.3 is 0 Å². The van der Waals surface area contributed by atoms with Crippen molar-refractivity contribution < 1.29 is 0 Å². The van der Waals surface area contributed by atoms with E-state index in [-0.39, 0.29) is 5.41 Å². The molecule has 0 aromatic carbocycles. The fourth-order valence-electron chi connectivity index (χ4n) is 2.75. The Morgan fingerprint density at radius 3 is 2.62 bits per heavy atom. The van der Waals surface area contributed by atoms with Gasteiger partial charge in [-0.1, -0.05) is 20.8 Å². The predicted octanol–water partition coefficient (Wildman–Crippen LogP) is 2.20. The van der Waals surface area contributed by atoms with Crippen LogP contribution >= 0.6 is 0 Å². The molecule has 2 rings (SSSR count). The van der Waals surface area contributed by atoms with E-state index in [4.69, 9.17) is 4.98 Å². The second kappa shape index (κ2) is 6.18. The van der Waals surface area contributed by atoms with Crippen LogP contribution in [0.25, 0.3) is 0 Å². The van der Waals surface area contributed by atoms with Crippen LogP contribution in [0.1, 0.15) is 33.0 Å². The van der Waals surface area contributed by atoms with Crippen LogP contribution in [0.2, 0.25) is 0 Å². The van der Waals surface area contributed by atoms with Gasteiger partial charge in [0, 0.05) is 38.7 Å². The molecule has 0 amide bonds. The van der Waals surface area contributed by atoms with Gasteiger partial charge in [0.15, 0.2) is 0 Å². The maximum atomic E-state index is 4.77. The van der Waals surface area contributed by atoms with Crippen LogP contribution in [0.4, 0.5) is 11.6 Å². The van der Waals surface area contributed by atoms with Crippen molar-refractivity contribution in [1.29, 1.82) is 0 Å². The zero-order valence-electron chi connectivity index (χ0n) is 14.3. The minimum atomic E-state index is -0.0456. The van der Waals surface area contributed by atoms with Gasteiger partial charge in [-0.15, -0.1) is 0 Å². The van der Waals surface area contributed by atoms with Crippen LogP contribution in [-0.4, -0.2) is 55.6 Å². The highest BCUT2D eigenvalue weighted by atomic mass is 15.2. The van der Waals surface area contributed by atoms with Gasteiger partial charge in [0.05, 0.1) is 0 Å². The molecule has 1 atom stereocenters. The first kappa shape index (κ1) is 16.0. The minimum absolute atomic E-state index is 0.0456. The summed E-state index contributed by atoms with van der Waals surface area (Å²) in [7, 11) is 6.23. The van der Waals surface area contributed by atoms with Gasteiger partial charge in [-0.2, -0.15) is 0 Å². The van der Waals surface area contributed by atoms with Crippen molar-refractivity contribution in [2.45, 2.75) is 32.6 Å². The summed E-state index contributed by atoms with van der Waals surface area (Å²) < 4.78 is 0. The summed E-state index contributed by atoms with van der Waals surface area (Å²) >= 11 is 0. The zero-order chi connectivity index (χ0) is 15.6. The SMILES string of the molecule is CNc1cc(N(C)CC2CCN(C)C2)nc(C(C)(C)C)n1. The van der Waals surface area contributed by atoms with E-state index < -0.39 is 0 Å². The number of hydrogen-bond donors (Lipinski definition) is 1. The second-order valence-corrected chi connectivity index (χ2v) is 7.23. The minimum Gasteiger partial charge on any atom is -0.373 e. The summed E-state index contributed by atoms with van der Waals surface area (Å²) in [6.07, 6.45) is 1.27. The molecule has 0 bridgehead atoms. The Balaban J connectivity index is 2.17. The largest absolute Gasteiger partial charge is 0.373 e. The monoisotopic (exact) mass is 291 g/mol. The molecule has 1 N–H and O–H groups in total. The molecule has 1 aliphatic heterocycles. The number of nitrogens with one attached hydrogen (secondary N) is 1. The summed E-state index contributed by atoms with van der Waals surface area (Å²) in [5, 5.41) is 3.15. The summed E-state index contributed by atoms with van der Waals surface area (Å²) in [6, 6.07) is 2.04. The van der Waals surface area contributed by atoms with E-state index in [1.54, 1.807) is 0 Å². The summed E-state index contributed by atoms with van der Waals surface area (Å²) in [4.78, 5) is 14.0. The summed E-state index contributed by atoms with van der Waals surface area (Å²) in [5.41, 5.74) is -0.0456. The normalized spacial score (nSPS) is 19.8. The molecular formula is C16H29N5. The number of nitrogens with zero attached hydrogens (tertiary/aromatic N) is 4. The standard InChI is InChI=1S/C16H29N5/c1-16(2,3)15-18-13(17-4)9-14(19-15)21(6)11-12-7-8-20(5)10-12/h9,12H,7-8,10-11H2,1-6H3,(H,17,18,19). The molecule has 0 spiro atoms. The average molecular weight is 291 g/mol. The Labute approximate surface area is 128 Å². The van der Waals surface area contributed by atoms with Gasteiger partial charge in [0.25, 0.3) is 0 Å². The van der Waals surface area contributed by atoms with Crippen molar-refractivity contribution in [3.63, 3.8) is 0 Å². The molecule has 5 heteroatoms. The predicted molar refractivity (Wildman–Crippen MR) is 89.2 cm³/mol. The number of hydrogen-bond acceptors (Lipinski definition) is 5. The average Bonchev–Trinajstić information content (AvgIpc) is 2.82. The Morgan fingerprint density at radius 2 is 2.10 bits per heavy atom. The third kappa shape index (κ3) is 4.06. The van der Waals surface area contributed by atoms with E-state index in [9.17, 15) is 0 Å². The van der Waals surface area contributed by atoms with E-state index in [1.165, 1.54) is 19.5 Å². The molecule has 1 saturated heterocycles. The lowest BCUT2D eigenvalue weighted by molar-refractivity contribution is 0.395. The zero-order valence-corrected chi connectivity index (χ0v) is 14.3. The lowest BCUT2D eigenvalue weighted by atomic mass is 9.96. The number of anilines is 2. The van der Waals surface area contributed by atoms with Crippen LogP contribution in [-0.2, 0) is 5.41 Å². The highest BCUT2D eigenvalue weighted by Crippen LogP contribution is 2.25. The van der Waals surface area contributed by atoms with Crippen LogP contribution in [0, 0.1) is 5.92 Å². The summed E-state index contributed by atoms with van der Waals surface area (Å²) in [6.45, 7) is 9.89. The fraction of sp³-hybridized carbons (Fsp3) is 0.750. The van der Waals surface area contributed by atoms with E-state index >= 15 is 0 Å². The Bertz CT molecular complexity index is 480. The maximum Gasteiger partial charge on any atom is 0.138 e. The smallest absolute Gasteiger partial charge is 0.138 e. The first-order valence-corrected chi connectivity index (χ1v) is 7.76. The molecule has 0 saturated carbocycles. The van der Waals surface area contributed by atoms with E-state index in [0.29, 0.717) is 0 Å². The third-order valence-electron chi connectivity index (χ3n) is 4.05. The number of aromatic nitrogens is 2. The molecule has 1 aliphatic rings. The number of likely N-dealkylation sites (tertiary alicyclic amines) is 1. The molecule has 0 radical (unpaired) electrons. The van der Waals surface area contributed by atoms with Crippen molar-refractivity contribution in [2.24, 2.45) is 5.92 Å². The van der Waals surface area contributed by atoms with Gasteiger partial charge in [0.2, 0.25) is 0 Å². The molecule has 5 nitrogen and oxygen atoms in total. The van der Waals surface area contributed by atoms with E-state index in [2.05, 4.69) is 55.0 Å². The molecule has 1 aromatic heterocycles. The molecular weight excluding hydrogens is 262 g/mol. The molecule has 21 heavy (non-hydrogen) atoms. The van der Waals surface area contributed by atoms with Gasteiger partial charge in [-0.25, -0.2) is 9.97 Å². The van der Waals surface area contributed by atoms with Gasteiger partial charge in [0.1, 0.15) is 17.5 Å². The number of rotatable bonds is 4. The lowest BCUT2D eigenvalue weighted by Crippen LogP contribution is -2.29. The third-order valence-corrected chi connectivity index (χ3v) is 4.05.